The number of pyridine rings is 1. The minimum atomic E-state index is -0.522. The van der Waals surface area contributed by atoms with Crippen LogP contribution in [0, 0.1) is 0 Å². The quantitative estimate of drug-likeness (QED) is 0.422. The van der Waals surface area contributed by atoms with Crippen LogP contribution in [-0.4, -0.2) is 33.7 Å². The van der Waals surface area contributed by atoms with Crippen LogP contribution in [0.15, 0.2) is 61.2 Å². The summed E-state index contributed by atoms with van der Waals surface area (Å²) in [6.45, 7) is 0. The van der Waals surface area contributed by atoms with Gasteiger partial charge in [0.2, 0.25) is 0 Å². The molecule has 5 rings (SSSR count). The van der Waals surface area contributed by atoms with E-state index in [0.29, 0.717) is 27.8 Å². The molecule has 0 unspecified atom stereocenters. The van der Waals surface area contributed by atoms with E-state index in [-0.39, 0.29) is 5.97 Å². The third-order valence-electron chi connectivity index (χ3n) is 5.32. The molecule has 0 aliphatic carbocycles. The zero-order valence-electron chi connectivity index (χ0n) is 15.9. The summed E-state index contributed by atoms with van der Waals surface area (Å²) >= 11 is 12.8. The number of esters is 1. The van der Waals surface area contributed by atoms with Crippen LogP contribution in [-0.2, 0) is 16.0 Å². The van der Waals surface area contributed by atoms with Gasteiger partial charge in [-0.3, -0.25) is 0 Å². The Kier molecular flexibility index (Phi) is 4.60. The Hall–Kier alpha value is -3.09. The minimum Gasteiger partial charge on any atom is -0.467 e. The fourth-order valence-corrected chi connectivity index (χ4v) is 4.29. The number of fused-ring (bicyclic) bond motifs is 2. The largest absolute Gasteiger partial charge is 0.467 e. The smallest absolute Gasteiger partial charge is 0.329 e. The standard InChI is InChI=1S/C22H16Cl2N4O2/c1-30-22(29)18-10-13-4-2-3-5-16(13)28(18)19-11-17(27-9-8-25-12-27)14-6-7-15(23)20(24)21(14)26-19/h2-9,11-12,18H,10H2,1H3/t18-/m0/s1. The van der Waals surface area contributed by atoms with E-state index in [9.17, 15) is 4.79 Å². The van der Waals surface area contributed by atoms with Gasteiger partial charge < -0.3 is 14.2 Å². The molecule has 0 radical (unpaired) electrons. The lowest BCUT2D eigenvalue weighted by molar-refractivity contribution is -0.141. The van der Waals surface area contributed by atoms with Crippen molar-refractivity contribution in [2.75, 3.05) is 12.0 Å². The van der Waals surface area contributed by atoms with E-state index >= 15 is 0 Å². The fraction of sp³-hybridized carbons (Fsp3) is 0.136. The highest BCUT2D eigenvalue weighted by Gasteiger charge is 2.37. The summed E-state index contributed by atoms with van der Waals surface area (Å²) in [5.41, 5.74) is 3.35. The van der Waals surface area contributed by atoms with Gasteiger partial charge in [-0.2, -0.15) is 0 Å². The predicted octanol–water partition coefficient (Wildman–Crippen LogP) is 4.96. The van der Waals surface area contributed by atoms with Crippen molar-refractivity contribution in [2.24, 2.45) is 0 Å². The first-order valence-electron chi connectivity index (χ1n) is 9.30. The van der Waals surface area contributed by atoms with Crippen molar-refractivity contribution >= 4 is 51.6 Å². The van der Waals surface area contributed by atoms with Crippen LogP contribution in [0.3, 0.4) is 0 Å². The molecular weight excluding hydrogens is 423 g/mol. The second kappa shape index (κ2) is 7.31. The molecule has 0 fully saturated rings. The average molecular weight is 439 g/mol. The van der Waals surface area contributed by atoms with Crippen LogP contribution in [0.2, 0.25) is 10.0 Å². The van der Waals surface area contributed by atoms with Crippen LogP contribution in [0.25, 0.3) is 16.6 Å². The molecule has 0 saturated carbocycles. The van der Waals surface area contributed by atoms with Gasteiger partial charge in [0, 0.05) is 36.0 Å². The van der Waals surface area contributed by atoms with Crippen molar-refractivity contribution in [3.8, 4) is 5.69 Å². The molecule has 1 aliphatic rings. The van der Waals surface area contributed by atoms with Crippen LogP contribution >= 0.6 is 23.2 Å². The lowest BCUT2D eigenvalue weighted by Crippen LogP contribution is -2.36. The first-order valence-corrected chi connectivity index (χ1v) is 10.1. The second-order valence-electron chi connectivity index (χ2n) is 6.97. The molecule has 8 heteroatoms. The number of hydrogen-bond donors (Lipinski definition) is 0. The first-order chi connectivity index (χ1) is 14.6. The van der Waals surface area contributed by atoms with Gasteiger partial charge in [0.05, 0.1) is 34.7 Å². The molecule has 4 aromatic rings. The van der Waals surface area contributed by atoms with Gasteiger partial charge in [-0.1, -0.05) is 41.4 Å². The maximum absolute atomic E-state index is 12.6. The molecule has 1 aliphatic heterocycles. The van der Waals surface area contributed by atoms with Crippen molar-refractivity contribution in [2.45, 2.75) is 12.5 Å². The van der Waals surface area contributed by atoms with Crippen molar-refractivity contribution in [3.63, 3.8) is 0 Å². The van der Waals surface area contributed by atoms with Gasteiger partial charge >= 0.3 is 5.97 Å². The summed E-state index contributed by atoms with van der Waals surface area (Å²) < 4.78 is 6.96. The van der Waals surface area contributed by atoms with Gasteiger partial charge in [-0.25, -0.2) is 14.8 Å². The van der Waals surface area contributed by atoms with Crippen LogP contribution in [0.4, 0.5) is 11.5 Å². The lowest BCUT2D eigenvalue weighted by atomic mass is 10.1. The second-order valence-corrected chi connectivity index (χ2v) is 7.75. The van der Waals surface area contributed by atoms with Gasteiger partial charge in [-0.05, 0) is 23.8 Å². The number of imidazole rings is 1. The van der Waals surface area contributed by atoms with Crippen molar-refractivity contribution in [3.05, 3.63) is 76.8 Å². The van der Waals surface area contributed by atoms with Crippen molar-refractivity contribution in [1.82, 2.24) is 14.5 Å². The minimum absolute atomic E-state index is 0.325. The maximum Gasteiger partial charge on any atom is 0.329 e. The summed E-state index contributed by atoms with van der Waals surface area (Å²) in [4.78, 5) is 23.5. The zero-order chi connectivity index (χ0) is 20.8. The molecule has 2 aromatic carbocycles. The van der Waals surface area contributed by atoms with Crippen LogP contribution < -0.4 is 4.90 Å². The highest BCUT2D eigenvalue weighted by atomic mass is 35.5. The monoisotopic (exact) mass is 438 g/mol. The number of carbonyl (C=O) groups excluding carboxylic acids is 1. The third kappa shape index (κ3) is 2.91. The molecule has 0 N–H and O–H groups in total. The normalized spacial score (nSPS) is 15.4. The Morgan fingerprint density at radius 3 is 2.77 bits per heavy atom. The Morgan fingerprint density at radius 2 is 2.00 bits per heavy atom. The van der Waals surface area contributed by atoms with Crippen molar-refractivity contribution < 1.29 is 9.53 Å². The molecule has 0 bridgehead atoms. The zero-order valence-corrected chi connectivity index (χ0v) is 17.4. The molecular formula is C22H16Cl2N4O2. The molecule has 30 heavy (non-hydrogen) atoms. The molecule has 3 heterocycles. The van der Waals surface area contributed by atoms with Gasteiger partial charge in [0.25, 0.3) is 0 Å². The van der Waals surface area contributed by atoms with Crippen LogP contribution in [0.1, 0.15) is 5.56 Å². The SMILES string of the molecule is COC(=O)[C@@H]1Cc2ccccc2N1c1cc(-n2ccnc2)c2ccc(Cl)c(Cl)c2n1. The summed E-state index contributed by atoms with van der Waals surface area (Å²) in [5, 5.41) is 1.60. The summed E-state index contributed by atoms with van der Waals surface area (Å²) in [7, 11) is 1.39. The molecule has 0 spiro atoms. The molecule has 0 saturated heterocycles. The number of benzene rings is 2. The third-order valence-corrected chi connectivity index (χ3v) is 6.11. The van der Waals surface area contributed by atoms with Crippen molar-refractivity contribution in [1.29, 1.82) is 0 Å². The number of halogens is 2. The molecule has 150 valence electrons. The van der Waals surface area contributed by atoms with E-state index in [2.05, 4.69) is 4.98 Å². The first kappa shape index (κ1) is 18.9. The fourth-order valence-electron chi connectivity index (χ4n) is 3.94. The number of aromatic nitrogens is 3. The average Bonchev–Trinajstić information content (AvgIpc) is 3.43. The van der Waals surface area contributed by atoms with E-state index in [1.54, 1.807) is 18.6 Å². The van der Waals surface area contributed by atoms with E-state index in [0.717, 1.165) is 22.3 Å². The highest BCUT2D eigenvalue weighted by molar-refractivity contribution is 6.45. The number of carbonyl (C=O) groups is 1. The van der Waals surface area contributed by atoms with Gasteiger partial charge in [0.1, 0.15) is 11.9 Å². The Balaban J connectivity index is 1.80. The number of anilines is 2. The van der Waals surface area contributed by atoms with Gasteiger partial charge in [-0.15, -0.1) is 0 Å². The Labute approximate surface area is 182 Å². The molecule has 6 nitrogen and oxygen atoms in total. The summed E-state index contributed by atoms with van der Waals surface area (Å²) in [5.74, 6) is 0.255. The topological polar surface area (TPSA) is 60.2 Å². The number of ether oxygens (including phenoxy) is 1. The lowest BCUT2D eigenvalue weighted by Gasteiger charge is -2.26. The summed E-state index contributed by atoms with van der Waals surface area (Å²) in [6, 6.07) is 12.9. The number of para-hydroxylation sites is 1. The summed E-state index contributed by atoms with van der Waals surface area (Å²) in [6.07, 6.45) is 5.78. The molecule has 2 aromatic heterocycles. The van der Waals surface area contributed by atoms with E-state index in [4.69, 9.17) is 32.9 Å². The number of nitrogens with zero attached hydrogens (tertiary/aromatic N) is 4. The maximum atomic E-state index is 12.6. The number of hydrogen-bond acceptors (Lipinski definition) is 5. The number of methoxy groups -OCH3 is 1. The van der Waals surface area contributed by atoms with E-state index in [1.807, 2.05) is 52.1 Å². The van der Waals surface area contributed by atoms with E-state index in [1.165, 1.54) is 7.11 Å². The Morgan fingerprint density at radius 1 is 1.17 bits per heavy atom. The molecule has 0 amide bonds. The Bertz CT molecular complexity index is 1270. The number of rotatable bonds is 3. The van der Waals surface area contributed by atoms with Gasteiger partial charge in [0.15, 0.2) is 0 Å². The van der Waals surface area contributed by atoms with Crippen LogP contribution in [0.5, 0.6) is 0 Å². The molecule has 1 atom stereocenters. The highest BCUT2D eigenvalue weighted by Crippen LogP contribution is 2.41. The predicted molar refractivity (Wildman–Crippen MR) is 117 cm³/mol. The van der Waals surface area contributed by atoms with E-state index < -0.39 is 6.04 Å².